The number of rotatable bonds is 6. The normalized spacial score (nSPS) is 25.9. The number of amides is 1. The van der Waals surface area contributed by atoms with E-state index >= 15 is 0 Å². The van der Waals surface area contributed by atoms with Crippen LogP contribution in [0.5, 0.6) is 0 Å². The number of nitrogens with zero attached hydrogens (tertiary/aromatic N) is 1. The van der Waals surface area contributed by atoms with Crippen LogP contribution in [-0.4, -0.2) is 36.5 Å². The molecule has 0 aromatic heterocycles. The molecule has 3 nitrogen and oxygen atoms in total. The molecule has 3 heteroatoms. The van der Waals surface area contributed by atoms with Gasteiger partial charge < -0.3 is 10.2 Å². The van der Waals surface area contributed by atoms with Crippen LogP contribution in [0.4, 0.5) is 0 Å². The van der Waals surface area contributed by atoms with Gasteiger partial charge in [-0.3, -0.25) is 4.79 Å². The largest absolute Gasteiger partial charge is 0.344 e. The van der Waals surface area contributed by atoms with E-state index in [0.717, 1.165) is 45.2 Å². The molecule has 0 aromatic rings. The zero-order valence-electron chi connectivity index (χ0n) is 11.9. The average molecular weight is 240 g/mol. The summed E-state index contributed by atoms with van der Waals surface area (Å²) in [7, 11) is 1.95. The predicted molar refractivity (Wildman–Crippen MR) is 72.0 cm³/mol. The maximum absolute atomic E-state index is 12.6. The lowest BCUT2D eigenvalue weighted by atomic mass is 9.90. The van der Waals surface area contributed by atoms with Gasteiger partial charge in [0.05, 0.1) is 5.54 Å². The molecule has 100 valence electrons. The zero-order valence-corrected chi connectivity index (χ0v) is 11.9. The van der Waals surface area contributed by atoms with E-state index in [0.29, 0.717) is 11.8 Å². The van der Waals surface area contributed by atoms with Gasteiger partial charge >= 0.3 is 0 Å². The highest BCUT2D eigenvalue weighted by molar-refractivity contribution is 5.86. The van der Waals surface area contributed by atoms with Gasteiger partial charge in [0.25, 0.3) is 0 Å². The van der Waals surface area contributed by atoms with Crippen LogP contribution >= 0.6 is 0 Å². The molecular weight excluding hydrogens is 212 g/mol. The van der Waals surface area contributed by atoms with Crippen LogP contribution in [0.2, 0.25) is 0 Å². The molecule has 0 aliphatic carbocycles. The van der Waals surface area contributed by atoms with Crippen molar-refractivity contribution in [3.05, 3.63) is 0 Å². The molecule has 1 saturated heterocycles. The van der Waals surface area contributed by atoms with Crippen LogP contribution in [0, 0.1) is 5.92 Å². The van der Waals surface area contributed by atoms with E-state index < -0.39 is 0 Å². The van der Waals surface area contributed by atoms with E-state index in [9.17, 15) is 4.79 Å². The van der Waals surface area contributed by atoms with E-state index in [2.05, 4.69) is 26.1 Å². The third kappa shape index (κ3) is 3.44. The van der Waals surface area contributed by atoms with Gasteiger partial charge in [-0.1, -0.05) is 33.6 Å². The summed E-state index contributed by atoms with van der Waals surface area (Å²) in [5.74, 6) is 0.890. The molecule has 1 aliphatic heterocycles. The molecule has 17 heavy (non-hydrogen) atoms. The van der Waals surface area contributed by atoms with Crippen molar-refractivity contribution >= 4 is 5.91 Å². The molecule has 1 heterocycles. The number of hydrogen-bond acceptors (Lipinski definition) is 2. The molecule has 0 spiro atoms. The maximum atomic E-state index is 12.6. The summed E-state index contributed by atoms with van der Waals surface area (Å²) < 4.78 is 0. The average Bonchev–Trinajstić information content (AvgIpc) is 2.78. The molecule has 0 radical (unpaired) electrons. The molecule has 1 fully saturated rings. The third-order valence-electron chi connectivity index (χ3n) is 3.96. The van der Waals surface area contributed by atoms with Crippen LogP contribution in [0.3, 0.4) is 0 Å². The zero-order chi connectivity index (χ0) is 12.9. The van der Waals surface area contributed by atoms with Crippen molar-refractivity contribution in [2.45, 2.75) is 58.4 Å². The Labute approximate surface area is 106 Å². The lowest BCUT2D eigenvalue weighted by Crippen LogP contribution is -2.54. The number of hydrogen-bond donors (Lipinski definition) is 1. The lowest BCUT2D eigenvalue weighted by Gasteiger charge is -2.33. The van der Waals surface area contributed by atoms with Gasteiger partial charge in [-0.15, -0.1) is 0 Å². The van der Waals surface area contributed by atoms with E-state index in [4.69, 9.17) is 0 Å². The summed E-state index contributed by atoms with van der Waals surface area (Å²) in [5, 5.41) is 3.45. The Morgan fingerprint density at radius 2 is 2.18 bits per heavy atom. The van der Waals surface area contributed by atoms with Gasteiger partial charge in [0, 0.05) is 13.6 Å². The fourth-order valence-corrected chi connectivity index (χ4v) is 2.78. The number of nitrogens with one attached hydrogen (secondary N) is 1. The summed E-state index contributed by atoms with van der Waals surface area (Å²) in [5.41, 5.74) is -0.253. The molecule has 2 unspecified atom stereocenters. The first-order valence-corrected chi connectivity index (χ1v) is 7.06. The third-order valence-corrected chi connectivity index (χ3v) is 3.96. The van der Waals surface area contributed by atoms with Crippen molar-refractivity contribution in [3.8, 4) is 0 Å². The fourth-order valence-electron chi connectivity index (χ4n) is 2.78. The van der Waals surface area contributed by atoms with Crippen LogP contribution in [0.25, 0.3) is 0 Å². The molecule has 1 N–H and O–H groups in total. The smallest absolute Gasteiger partial charge is 0.242 e. The predicted octanol–water partition coefficient (Wildman–Crippen LogP) is 2.41. The Kier molecular flexibility index (Phi) is 5.44. The van der Waals surface area contributed by atoms with Crippen LogP contribution in [-0.2, 0) is 4.79 Å². The van der Waals surface area contributed by atoms with Gasteiger partial charge in [0.1, 0.15) is 0 Å². The van der Waals surface area contributed by atoms with Crippen molar-refractivity contribution in [2.75, 3.05) is 20.1 Å². The first kappa shape index (κ1) is 14.5. The minimum absolute atomic E-state index is 0.253. The highest BCUT2D eigenvalue weighted by Crippen LogP contribution is 2.27. The Morgan fingerprint density at radius 1 is 1.47 bits per heavy atom. The van der Waals surface area contributed by atoms with Crippen molar-refractivity contribution in [2.24, 2.45) is 5.92 Å². The molecular formula is C14H28N2O. The van der Waals surface area contributed by atoms with Crippen LogP contribution in [0.15, 0.2) is 0 Å². The highest BCUT2D eigenvalue weighted by atomic mass is 16.2. The first-order valence-electron chi connectivity index (χ1n) is 7.06. The minimum atomic E-state index is -0.253. The van der Waals surface area contributed by atoms with E-state index in [1.54, 1.807) is 0 Å². The van der Waals surface area contributed by atoms with E-state index in [-0.39, 0.29) is 5.54 Å². The van der Waals surface area contributed by atoms with Gasteiger partial charge in [-0.25, -0.2) is 0 Å². The summed E-state index contributed by atoms with van der Waals surface area (Å²) in [6.07, 6.45) is 5.30. The van der Waals surface area contributed by atoms with Crippen LogP contribution in [0.1, 0.15) is 52.9 Å². The summed E-state index contributed by atoms with van der Waals surface area (Å²) >= 11 is 0. The summed E-state index contributed by atoms with van der Waals surface area (Å²) in [4.78, 5) is 14.5. The maximum Gasteiger partial charge on any atom is 0.242 e. The van der Waals surface area contributed by atoms with Crippen LogP contribution < -0.4 is 5.32 Å². The second-order valence-electron chi connectivity index (χ2n) is 5.56. The molecule has 1 rings (SSSR count). The number of likely N-dealkylation sites (N-methyl/N-ethyl adjacent to an activating group) is 1. The van der Waals surface area contributed by atoms with Crippen molar-refractivity contribution in [1.82, 2.24) is 10.2 Å². The lowest BCUT2D eigenvalue weighted by molar-refractivity contribution is -0.137. The van der Waals surface area contributed by atoms with E-state index in [1.165, 1.54) is 0 Å². The molecule has 0 aromatic carbocycles. The standard InChI is InChI=1S/C14H28N2O/c1-5-8-14(9-7-10-15-14)13(17)16(4)11-12(3)6-2/h12,15H,5-11H2,1-4H3. The monoisotopic (exact) mass is 240 g/mol. The van der Waals surface area contributed by atoms with Crippen molar-refractivity contribution in [1.29, 1.82) is 0 Å². The Balaban J connectivity index is 2.64. The Morgan fingerprint density at radius 3 is 2.65 bits per heavy atom. The number of carbonyl (C=O) groups excluding carboxylic acids is 1. The van der Waals surface area contributed by atoms with E-state index in [1.807, 2.05) is 11.9 Å². The molecule has 1 aliphatic rings. The molecule has 2 atom stereocenters. The first-order chi connectivity index (χ1) is 8.05. The second-order valence-corrected chi connectivity index (χ2v) is 5.56. The number of carbonyl (C=O) groups is 1. The van der Waals surface area contributed by atoms with Gasteiger partial charge in [-0.05, 0) is 31.7 Å². The molecule has 0 saturated carbocycles. The molecule has 1 amide bonds. The topological polar surface area (TPSA) is 32.3 Å². The minimum Gasteiger partial charge on any atom is -0.344 e. The van der Waals surface area contributed by atoms with Crippen molar-refractivity contribution in [3.63, 3.8) is 0 Å². The SMILES string of the molecule is CCCC1(C(=O)N(C)CC(C)CC)CCCN1. The molecule has 0 bridgehead atoms. The highest BCUT2D eigenvalue weighted by Gasteiger charge is 2.41. The summed E-state index contributed by atoms with van der Waals surface area (Å²) in [6.45, 7) is 8.41. The Bertz CT molecular complexity index is 247. The Hall–Kier alpha value is -0.570. The second kappa shape index (κ2) is 6.39. The van der Waals surface area contributed by atoms with Gasteiger partial charge in [0.15, 0.2) is 0 Å². The summed E-state index contributed by atoms with van der Waals surface area (Å²) in [6, 6.07) is 0. The van der Waals surface area contributed by atoms with Crippen molar-refractivity contribution < 1.29 is 4.79 Å². The quantitative estimate of drug-likeness (QED) is 0.773. The fraction of sp³-hybridized carbons (Fsp3) is 0.929. The van der Waals surface area contributed by atoms with Gasteiger partial charge in [-0.2, -0.15) is 0 Å². The van der Waals surface area contributed by atoms with Gasteiger partial charge in [0.2, 0.25) is 5.91 Å².